The van der Waals surface area contributed by atoms with Gasteiger partial charge in [0.15, 0.2) is 0 Å². The summed E-state index contributed by atoms with van der Waals surface area (Å²) in [5.74, 6) is 4.84. The molecule has 0 aromatic rings. The Morgan fingerprint density at radius 1 is 0.773 bits per heavy atom. The summed E-state index contributed by atoms with van der Waals surface area (Å²) in [5.41, 5.74) is 0. The molecule has 0 heterocycles. The van der Waals surface area contributed by atoms with E-state index >= 15 is 0 Å². The molecular formula is C22H48. The van der Waals surface area contributed by atoms with Gasteiger partial charge in [-0.2, -0.15) is 0 Å². The molecule has 1 rings (SSSR count). The summed E-state index contributed by atoms with van der Waals surface area (Å²) in [7, 11) is 0. The molecule has 0 bridgehead atoms. The molecule has 0 atom stereocenters. The fraction of sp³-hybridized carbons (Fsp3) is 1.00. The second-order valence-corrected chi connectivity index (χ2v) is 8.07. The zero-order valence-corrected chi connectivity index (χ0v) is 17.5. The molecule has 0 aromatic heterocycles. The molecule has 0 nitrogen and oxygen atoms in total. The minimum atomic E-state index is 0.875. The first-order valence-corrected chi connectivity index (χ1v) is 10.4. The Labute approximate surface area is 143 Å². The van der Waals surface area contributed by atoms with Crippen LogP contribution in [0.25, 0.3) is 0 Å². The van der Waals surface area contributed by atoms with Crippen LogP contribution in [0, 0.1) is 29.6 Å². The molecule has 1 aliphatic carbocycles. The SMILES string of the molecule is CC.CC(C)CC(C)C.CCC(CC)CC1CCC(C)CC1. The van der Waals surface area contributed by atoms with E-state index in [4.69, 9.17) is 0 Å². The Bertz CT molecular complexity index is 186. The van der Waals surface area contributed by atoms with E-state index in [1.807, 2.05) is 13.8 Å². The predicted molar refractivity (Wildman–Crippen MR) is 105 cm³/mol. The molecule has 136 valence electrons. The van der Waals surface area contributed by atoms with Crippen LogP contribution in [-0.2, 0) is 0 Å². The Morgan fingerprint density at radius 2 is 1.18 bits per heavy atom. The molecule has 1 fully saturated rings. The number of rotatable bonds is 6. The van der Waals surface area contributed by atoms with E-state index in [2.05, 4.69) is 48.5 Å². The normalized spacial score (nSPS) is 21.3. The van der Waals surface area contributed by atoms with Crippen molar-refractivity contribution < 1.29 is 0 Å². The van der Waals surface area contributed by atoms with Gasteiger partial charge in [-0.25, -0.2) is 0 Å². The first kappa shape index (κ1) is 24.3. The summed E-state index contributed by atoms with van der Waals surface area (Å²) in [4.78, 5) is 0. The fourth-order valence-corrected chi connectivity index (χ4v) is 3.60. The highest BCUT2D eigenvalue weighted by Gasteiger charge is 2.20. The van der Waals surface area contributed by atoms with Crippen LogP contribution in [0.1, 0.15) is 114 Å². The molecular weight excluding hydrogens is 264 g/mol. The molecule has 1 saturated carbocycles. The van der Waals surface area contributed by atoms with Gasteiger partial charge in [0.05, 0.1) is 0 Å². The first-order chi connectivity index (χ1) is 10.4. The lowest BCUT2D eigenvalue weighted by Gasteiger charge is -2.28. The van der Waals surface area contributed by atoms with Crippen LogP contribution in [0.5, 0.6) is 0 Å². The van der Waals surface area contributed by atoms with E-state index in [9.17, 15) is 0 Å². The maximum atomic E-state index is 2.41. The van der Waals surface area contributed by atoms with Crippen molar-refractivity contribution in [3.8, 4) is 0 Å². The van der Waals surface area contributed by atoms with Crippen molar-refractivity contribution in [2.24, 2.45) is 29.6 Å². The van der Waals surface area contributed by atoms with Crippen LogP contribution in [0.15, 0.2) is 0 Å². The van der Waals surface area contributed by atoms with Gasteiger partial charge in [-0.15, -0.1) is 0 Å². The molecule has 0 heteroatoms. The van der Waals surface area contributed by atoms with Crippen LogP contribution < -0.4 is 0 Å². The molecule has 22 heavy (non-hydrogen) atoms. The monoisotopic (exact) mass is 312 g/mol. The topological polar surface area (TPSA) is 0 Å². The zero-order valence-electron chi connectivity index (χ0n) is 17.5. The highest BCUT2D eigenvalue weighted by atomic mass is 14.3. The smallest absolute Gasteiger partial charge is 0.0411 e. The van der Waals surface area contributed by atoms with Crippen LogP contribution >= 0.6 is 0 Å². The summed E-state index contributed by atoms with van der Waals surface area (Å²) in [6.45, 7) is 20.2. The number of hydrogen-bond acceptors (Lipinski definition) is 0. The standard InChI is InChI=1S/C13H26.C7H16.C2H6/c1-4-12(5-2)10-13-8-6-11(3)7-9-13;1-6(2)5-7(3)4;1-2/h11-13H,4-10H2,1-3H3;6-7H,5H2,1-4H3;1-2H3. The number of hydrogen-bond donors (Lipinski definition) is 0. The van der Waals surface area contributed by atoms with E-state index in [-0.39, 0.29) is 0 Å². The molecule has 0 saturated heterocycles. The molecule has 0 aromatic carbocycles. The largest absolute Gasteiger partial charge is 0.0683 e. The Balaban J connectivity index is 0. The molecule has 0 unspecified atom stereocenters. The molecule has 0 radical (unpaired) electrons. The van der Waals surface area contributed by atoms with Crippen molar-refractivity contribution in [2.75, 3.05) is 0 Å². The Morgan fingerprint density at radius 3 is 1.45 bits per heavy atom. The molecule has 0 N–H and O–H groups in total. The maximum Gasteiger partial charge on any atom is -0.0411 e. The van der Waals surface area contributed by atoms with Crippen molar-refractivity contribution in [1.29, 1.82) is 0 Å². The van der Waals surface area contributed by atoms with Gasteiger partial charge in [0.2, 0.25) is 0 Å². The van der Waals surface area contributed by atoms with Gasteiger partial charge in [-0.1, -0.05) is 101 Å². The van der Waals surface area contributed by atoms with Crippen LogP contribution in [0.2, 0.25) is 0 Å². The molecule has 0 amide bonds. The summed E-state index contributed by atoms with van der Waals surface area (Å²) in [5, 5.41) is 0. The van der Waals surface area contributed by atoms with Gasteiger partial charge >= 0.3 is 0 Å². The van der Waals surface area contributed by atoms with E-state index in [1.54, 1.807) is 0 Å². The third-order valence-electron chi connectivity index (χ3n) is 4.90. The first-order valence-electron chi connectivity index (χ1n) is 10.4. The van der Waals surface area contributed by atoms with E-state index in [0.29, 0.717) is 0 Å². The lowest BCUT2D eigenvalue weighted by Crippen LogP contribution is -2.15. The minimum Gasteiger partial charge on any atom is -0.0683 e. The maximum absolute atomic E-state index is 2.41. The summed E-state index contributed by atoms with van der Waals surface area (Å²) < 4.78 is 0. The fourth-order valence-electron chi connectivity index (χ4n) is 3.60. The lowest BCUT2D eigenvalue weighted by molar-refractivity contribution is 0.240. The van der Waals surface area contributed by atoms with Gasteiger partial charge in [0.1, 0.15) is 0 Å². The average Bonchev–Trinajstić information content (AvgIpc) is 2.48. The third-order valence-corrected chi connectivity index (χ3v) is 4.90. The molecule has 1 aliphatic rings. The van der Waals surface area contributed by atoms with E-state index in [0.717, 1.165) is 29.6 Å². The molecule has 0 aliphatic heterocycles. The summed E-state index contributed by atoms with van der Waals surface area (Å²) >= 11 is 0. The summed E-state index contributed by atoms with van der Waals surface area (Å²) in [6, 6.07) is 0. The van der Waals surface area contributed by atoms with Crippen molar-refractivity contribution in [2.45, 2.75) is 114 Å². The lowest BCUT2D eigenvalue weighted by atomic mass is 9.78. The van der Waals surface area contributed by atoms with Crippen LogP contribution in [0.4, 0.5) is 0 Å². The van der Waals surface area contributed by atoms with E-state index < -0.39 is 0 Å². The minimum absolute atomic E-state index is 0.875. The van der Waals surface area contributed by atoms with Crippen molar-refractivity contribution in [3.05, 3.63) is 0 Å². The van der Waals surface area contributed by atoms with Gasteiger partial charge < -0.3 is 0 Å². The van der Waals surface area contributed by atoms with Gasteiger partial charge in [-0.05, 0) is 42.4 Å². The van der Waals surface area contributed by atoms with Crippen molar-refractivity contribution >= 4 is 0 Å². The van der Waals surface area contributed by atoms with Gasteiger partial charge in [0, 0.05) is 0 Å². The quantitative estimate of drug-likeness (QED) is 0.462. The van der Waals surface area contributed by atoms with Crippen molar-refractivity contribution in [1.82, 2.24) is 0 Å². The Hall–Kier alpha value is 0. The molecule has 0 spiro atoms. The zero-order chi connectivity index (χ0) is 17.5. The predicted octanol–water partition coefficient (Wildman–Crippen LogP) is 8.35. The van der Waals surface area contributed by atoms with Gasteiger partial charge in [0.25, 0.3) is 0 Å². The average molecular weight is 313 g/mol. The highest BCUT2D eigenvalue weighted by Crippen LogP contribution is 2.33. The van der Waals surface area contributed by atoms with E-state index in [1.165, 1.54) is 51.4 Å². The van der Waals surface area contributed by atoms with Crippen molar-refractivity contribution in [3.63, 3.8) is 0 Å². The highest BCUT2D eigenvalue weighted by molar-refractivity contribution is 4.72. The third kappa shape index (κ3) is 14.9. The van der Waals surface area contributed by atoms with Crippen LogP contribution in [-0.4, -0.2) is 0 Å². The van der Waals surface area contributed by atoms with Gasteiger partial charge in [-0.3, -0.25) is 0 Å². The second-order valence-electron chi connectivity index (χ2n) is 8.07. The summed E-state index contributed by atoms with van der Waals surface area (Å²) in [6.07, 6.45) is 11.7. The second kappa shape index (κ2) is 15.9. The van der Waals surface area contributed by atoms with Crippen LogP contribution in [0.3, 0.4) is 0 Å². The Kier molecular flexibility index (Phi) is 17.5.